The summed E-state index contributed by atoms with van der Waals surface area (Å²) in [7, 11) is 0. The van der Waals surface area contributed by atoms with Crippen molar-refractivity contribution in [3.8, 4) is 5.69 Å². The van der Waals surface area contributed by atoms with E-state index in [2.05, 4.69) is 10.8 Å². The Bertz CT molecular complexity index is 1400. The second-order valence-electron chi connectivity index (χ2n) is 7.54. The predicted molar refractivity (Wildman–Crippen MR) is 114 cm³/mol. The molecule has 166 valence electrons. The van der Waals surface area contributed by atoms with Crippen LogP contribution in [0.5, 0.6) is 0 Å². The third kappa shape index (κ3) is 3.89. The molecule has 2 N–H and O–H groups in total. The molecule has 0 unspecified atom stereocenters. The Balaban J connectivity index is 1.53. The standard InChI is InChI=1S/C24H16F3N3O3/c25-24(26,27)16-5-3-6-18(12-16)30-19-7-2-1-4-14(19)10-20(30)23(32)28-17-9-8-15-11-22(31)29-33-21(15)13-17/h1-7,9-13H,8H2,(H,28,32)(H,29,31). The molecule has 3 aromatic rings. The smallest absolute Gasteiger partial charge is 0.379 e. The summed E-state index contributed by atoms with van der Waals surface area (Å²) in [5, 5.41) is 3.49. The summed E-state index contributed by atoms with van der Waals surface area (Å²) in [4.78, 5) is 29.8. The van der Waals surface area contributed by atoms with E-state index in [0.29, 0.717) is 34.4 Å². The minimum atomic E-state index is -4.51. The lowest BCUT2D eigenvalue weighted by molar-refractivity contribution is -0.137. The molecule has 0 saturated carbocycles. The van der Waals surface area contributed by atoms with Crippen molar-refractivity contribution < 1.29 is 27.6 Å². The van der Waals surface area contributed by atoms with Gasteiger partial charge in [0.15, 0.2) is 5.76 Å². The van der Waals surface area contributed by atoms with E-state index in [1.54, 1.807) is 42.5 Å². The Kier molecular flexibility index (Phi) is 4.81. The molecule has 2 heterocycles. The number of amides is 2. The van der Waals surface area contributed by atoms with E-state index >= 15 is 0 Å². The lowest BCUT2D eigenvalue weighted by atomic mass is 10.0. The molecule has 0 radical (unpaired) electrons. The highest BCUT2D eigenvalue weighted by molar-refractivity contribution is 6.01. The zero-order valence-electron chi connectivity index (χ0n) is 16.9. The summed E-state index contributed by atoms with van der Waals surface area (Å²) in [6.45, 7) is 0. The number of aromatic nitrogens is 1. The Morgan fingerprint density at radius 2 is 1.88 bits per heavy atom. The molecule has 1 aliphatic carbocycles. The van der Waals surface area contributed by atoms with E-state index in [9.17, 15) is 22.8 Å². The van der Waals surface area contributed by atoms with Crippen molar-refractivity contribution in [2.75, 3.05) is 0 Å². The highest BCUT2D eigenvalue weighted by Crippen LogP contribution is 2.32. The third-order valence-corrected chi connectivity index (χ3v) is 5.34. The van der Waals surface area contributed by atoms with Crippen molar-refractivity contribution in [1.82, 2.24) is 15.4 Å². The van der Waals surface area contributed by atoms with Gasteiger partial charge in [-0.15, -0.1) is 0 Å². The van der Waals surface area contributed by atoms with Crippen LogP contribution in [0.3, 0.4) is 0 Å². The van der Waals surface area contributed by atoms with E-state index in [4.69, 9.17) is 4.84 Å². The van der Waals surface area contributed by atoms with E-state index in [-0.39, 0.29) is 17.3 Å². The molecule has 2 aliphatic rings. The topological polar surface area (TPSA) is 72.4 Å². The van der Waals surface area contributed by atoms with Gasteiger partial charge in [-0.1, -0.05) is 30.3 Å². The number of allylic oxidation sites excluding steroid dienone is 3. The first-order valence-corrected chi connectivity index (χ1v) is 9.99. The Morgan fingerprint density at radius 3 is 2.70 bits per heavy atom. The zero-order chi connectivity index (χ0) is 23.2. The SMILES string of the molecule is O=C1C=C2CC=C(NC(=O)c3cc4ccccc4n3-c3cccc(C(F)(F)F)c3)C=C2ON1. The van der Waals surface area contributed by atoms with Gasteiger partial charge in [-0.25, -0.2) is 0 Å². The molecule has 9 heteroatoms. The number of halogens is 3. The van der Waals surface area contributed by atoms with Crippen molar-refractivity contribution in [3.05, 3.63) is 101 Å². The van der Waals surface area contributed by atoms with E-state index in [0.717, 1.165) is 12.1 Å². The molecule has 0 atom stereocenters. The first-order chi connectivity index (χ1) is 15.8. The summed E-state index contributed by atoms with van der Waals surface area (Å²) < 4.78 is 41.4. The molecule has 5 rings (SSSR count). The number of nitrogens with one attached hydrogen (secondary N) is 2. The number of hydrogen-bond acceptors (Lipinski definition) is 3. The number of carbonyl (C=O) groups excluding carboxylic acids is 2. The van der Waals surface area contributed by atoms with Crippen LogP contribution in [0.15, 0.2) is 89.9 Å². The Hall–Kier alpha value is -4.27. The van der Waals surface area contributed by atoms with Gasteiger partial charge in [-0.05, 0) is 36.8 Å². The number of benzene rings is 2. The third-order valence-electron chi connectivity index (χ3n) is 5.34. The van der Waals surface area contributed by atoms with Gasteiger partial charge in [-0.3, -0.25) is 9.59 Å². The van der Waals surface area contributed by atoms with Gasteiger partial charge in [0.2, 0.25) is 0 Å². The van der Waals surface area contributed by atoms with Crippen molar-refractivity contribution in [1.29, 1.82) is 0 Å². The Morgan fingerprint density at radius 1 is 1.06 bits per heavy atom. The summed E-state index contributed by atoms with van der Waals surface area (Å²) in [5.41, 5.74) is 3.54. The number of hydrogen-bond donors (Lipinski definition) is 2. The van der Waals surface area contributed by atoms with Gasteiger partial charge in [0.25, 0.3) is 11.8 Å². The quantitative estimate of drug-likeness (QED) is 0.614. The first-order valence-electron chi connectivity index (χ1n) is 9.99. The summed E-state index contributed by atoms with van der Waals surface area (Å²) >= 11 is 0. The minimum Gasteiger partial charge on any atom is -0.379 e. The molecule has 0 fully saturated rings. The lowest BCUT2D eigenvalue weighted by Gasteiger charge is -2.21. The van der Waals surface area contributed by atoms with Crippen molar-refractivity contribution in [2.24, 2.45) is 0 Å². The van der Waals surface area contributed by atoms with Gasteiger partial charge in [0.1, 0.15) is 5.69 Å². The second kappa shape index (κ2) is 7.70. The molecular weight excluding hydrogens is 435 g/mol. The van der Waals surface area contributed by atoms with Gasteiger partial charge in [-0.2, -0.15) is 18.7 Å². The zero-order valence-corrected chi connectivity index (χ0v) is 16.9. The van der Waals surface area contributed by atoms with Crippen LogP contribution in [0, 0.1) is 0 Å². The molecule has 2 amide bonds. The average molecular weight is 451 g/mol. The van der Waals surface area contributed by atoms with Gasteiger partial charge in [0, 0.05) is 34.5 Å². The van der Waals surface area contributed by atoms with E-state index < -0.39 is 17.6 Å². The molecule has 0 saturated heterocycles. The van der Waals surface area contributed by atoms with Crippen LogP contribution < -0.4 is 10.8 Å². The fraction of sp³-hybridized carbons (Fsp3) is 0.0833. The van der Waals surface area contributed by atoms with Gasteiger partial charge in [0.05, 0.1) is 11.1 Å². The molecule has 0 spiro atoms. The molecule has 1 aromatic heterocycles. The number of fused-ring (bicyclic) bond motifs is 2. The lowest BCUT2D eigenvalue weighted by Crippen LogP contribution is -2.30. The summed E-state index contributed by atoms with van der Waals surface area (Å²) in [6.07, 6.45) is 0.582. The van der Waals surface area contributed by atoms with Crippen molar-refractivity contribution in [2.45, 2.75) is 12.6 Å². The van der Waals surface area contributed by atoms with Crippen LogP contribution in [-0.4, -0.2) is 16.4 Å². The first kappa shape index (κ1) is 20.6. The van der Waals surface area contributed by atoms with Crippen LogP contribution in [0.4, 0.5) is 13.2 Å². The number of hydroxylamine groups is 1. The molecule has 1 aliphatic heterocycles. The maximum absolute atomic E-state index is 13.3. The van der Waals surface area contributed by atoms with Crippen molar-refractivity contribution >= 4 is 22.7 Å². The van der Waals surface area contributed by atoms with Gasteiger partial charge < -0.3 is 14.7 Å². The summed E-state index contributed by atoms with van der Waals surface area (Å²) in [5.74, 6) is -0.460. The van der Waals surface area contributed by atoms with E-state index in [1.165, 1.54) is 22.8 Å². The van der Waals surface area contributed by atoms with Gasteiger partial charge >= 0.3 is 6.18 Å². The fourth-order valence-electron chi connectivity index (χ4n) is 3.84. The van der Waals surface area contributed by atoms with Crippen LogP contribution in [-0.2, 0) is 15.8 Å². The number of carbonyl (C=O) groups is 2. The van der Waals surface area contributed by atoms with Crippen molar-refractivity contribution in [3.63, 3.8) is 0 Å². The molecule has 0 bridgehead atoms. The largest absolute Gasteiger partial charge is 0.416 e. The molecule has 6 nitrogen and oxygen atoms in total. The Labute approximate surface area is 185 Å². The maximum Gasteiger partial charge on any atom is 0.416 e. The fourth-order valence-corrected chi connectivity index (χ4v) is 3.84. The molecule has 33 heavy (non-hydrogen) atoms. The number of alkyl halides is 3. The molecule has 2 aromatic carbocycles. The van der Waals surface area contributed by atoms with Crippen LogP contribution >= 0.6 is 0 Å². The monoisotopic (exact) mass is 451 g/mol. The minimum absolute atomic E-state index is 0.175. The number of para-hydroxylation sites is 1. The normalized spacial score (nSPS) is 15.6. The predicted octanol–water partition coefficient (Wildman–Crippen LogP) is 4.54. The summed E-state index contributed by atoms with van der Waals surface area (Å²) in [6, 6.07) is 13.5. The second-order valence-corrected chi connectivity index (χ2v) is 7.54. The highest BCUT2D eigenvalue weighted by Gasteiger charge is 2.31. The number of rotatable bonds is 3. The average Bonchev–Trinajstić information content (AvgIpc) is 3.18. The highest BCUT2D eigenvalue weighted by atomic mass is 19.4. The van der Waals surface area contributed by atoms with E-state index in [1.807, 2.05) is 0 Å². The molecular formula is C24H16F3N3O3. The maximum atomic E-state index is 13.3. The van der Waals surface area contributed by atoms with Crippen LogP contribution in [0.25, 0.3) is 16.6 Å². The van der Waals surface area contributed by atoms with Crippen LogP contribution in [0.1, 0.15) is 22.5 Å². The number of nitrogens with zero attached hydrogens (tertiary/aromatic N) is 1. The van der Waals surface area contributed by atoms with Crippen LogP contribution in [0.2, 0.25) is 0 Å².